The SMILES string of the molecule is [Au].[S-]C([S-])N1CCN(c2ccc(N=Cc3ccccc3)cc2)CC1. The number of aliphatic imine (C=N–C) groups is 1. The van der Waals surface area contributed by atoms with Gasteiger partial charge in [-0.3, -0.25) is 4.99 Å². The molecule has 2 aromatic rings. The number of hydrogen-bond donors (Lipinski definition) is 0. The maximum absolute atomic E-state index is 5.15. The van der Waals surface area contributed by atoms with Gasteiger partial charge in [-0.15, -0.1) is 0 Å². The normalized spacial score (nSPS) is 15.7. The van der Waals surface area contributed by atoms with Crippen molar-refractivity contribution >= 4 is 42.8 Å². The Morgan fingerprint density at radius 1 is 0.875 bits per heavy atom. The van der Waals surface area contributed by atoms with Crippen LogP contribution in [0.5, 0.6) is 0 Å². The molecule has 1 fully saturated rings. The van der Waals surface area contributed by atoms with Crippen LogP contribution in [0.25, 0.3) is 0 Å². The first-order valence-electron chi connectivity index (χ1n) is 7.72. The summed E-state index contributed by atoms with van der Waals surface area (Å²) in [4.78, 5) is 9.05. The van der Waals surface area contributed by atoms with Gasteiger partial charge in [0.05, 0.1) is 5.69 Å². The third-order valence-electron chi connectivity index (χ3n) is 3.99. The van der Waals surface area contributed by atoms with Gasteiger partial charge in [-0.2, -0.15) is 0 Å². The molecular formula is C18H19AuN3S2-2. The van der Waals surface area contributed by atoms with Crippen molar-refractivity contribution in [3.8, 4) is 0 Å². The van der Waals surface area contributed by atoms with Gasteiger partial charge >= 0.3 is 0 Å². The quantitative estimate of drug-likeness (QED) is 0.339. The van der Waals surface area contributed by atoms with Crippen molar-refractivity contribution in [3.63, 3.8) is 0 Å². The minimum Gasteiger partial charge on any atom is -0.800 e. The molecule has 3 rings (SSSR count). The van der Waals surface area contributed by atoms with E-state index in [1.165, 1.54) is 5.69 Å². The van der Waals surface area contributed by atoms with Gasteiger partial charge < -0.3 is 35.1 Å². The maximum Gasteiger partial charge on any atom is 0.0631 e. The molecule has 0 N–H and O–H groups in total. The molecule has 1 heterocycles. The van der Waals surface area contributed by atoms with Crippen molar-refractivity contribution in [3.05, 3.63) is 60.2 Å². The smallest absolute Gasteiger partial charge is 0.0631 e. The van der Waals surface area contributed by atoms with E-state index in [1.54, 1.807) is 0 Å². The molecular weight excluding hydrogens is 519 g/mol. The monoisotopic (exact) mass is 538 g/mol. The Hall–Kier alpha value is -0.690. The Morgan fingerprint density at radius 2 is 1.50 bits per heavy atom. The second-order valence-electron chi connectivity index (χ2n) is 5.52. The van der Waals surface area contributed by atoms with E-state index in [9.17, 15) is 0 Å². The molecule has 131 valence electrons. The van der Waals surface area contributed by atoms with Crippen molar-refractivity contribution in [1.82, 2.24) is 4.90 Å². The second kappa shape index (κ2) is 9.71. The minimum absolute atomic E-state index is 0. The Balaban J connectivity index is 0.00000208. The zero-order valence-electron chi connectivity index (χ0n) is 13.1. The first-order valence-corrected chi connectivity index (χ1v) is 8.66. The van der Waals surface area contributed by atoms with Crippen molar-refractivity contribution in [2.75, 3.05) is 31.1 Å². The summed E-state index contributed by atoms with van der Waals surface area (Å²) in [5, 5.41) is 0. The fourth-order valence-corrected chi connectivity index (χ4v) is 3.05. The molecule has 0 spiro atoms. The van der Waals surface area contributed by atoms with Crippen LogP contribution in [-0.4, -0.2) is 42.0 Å². The fourth-order valence-electron chi connectivity index (χ4n) is 2.63. The predicted octanol–water partition coefficient (Wildman–Crippen LogP) is 2.93. The van der Waals surface area contributed by atoms with Gasteiger partial charge in [-0.1, -0.05) is 30.3 Å². The van der Waals surface area contributed by atoms with E-state index >= 15 is 0 Å². The Kier molecular flexibility index (Phi) is 7.94. The zero-order chi connectivity index (χ0) is 16.1. The number of rotatable bonds is 4. The molecule has 0 bridgehead atoms. The molecule has 1 aliphatic heterocycles. The Labute approximate surface area is 170 Å². The summed E-state index contributed by atoms with van der Waals surface area (Å²) in [5.41, 5.74) is 3.30. The summed E-state index contributed by atoms with van der Waals surface area (Å²) in [5.74, 6) is 0. The molecule has 1 radical (unpaired) electrons. The molecule has 2 aromatic carbocycles. The first kappa shape index (κ1) is 19.6. The first-order chi connectivity index (χ1) is 11.2. The second-order valence-corrected chi connectivity index (χ2v) is 6.71. The molecule has 0 saturated carbocycles. The van der Waals surface area contributed by atoms with Crippen LogP contribution in [-0.2, 0) is 47.6 Å². The van der Waals surface area contributed by atoms with E-state index in [0.29, 0.717) is 0 Å². The summed E-state index contributed by atoms with van der Waals surface area (Å²) in [6.07, 6.45) is 1.89. The number of anilines is 1. The van der Waals surface area contributed by atoms with Crippen LogP contribution < -0.4 is 4.90 Å². The molecule has 0 atom stereocenters. The van der Waals surface area contributed by atoms with E-state index in [2.05, 4.69) is 39.1 Å². The Morgan fingerprint density at radius 3 is 2.08 bits per heavy atom. The van der Waals surface area contributed by atoms with Crippen LogP contribution >= 0.6 is 0 Å². The van der Waals surface area contributed by atoms with Gasteiger partial charge in [-0.05, 0) is 29.8 Å². The van der Waals surface area contributed by atoms with Gasteiger partial charge in [0, 0.05) is 60.5 Å². The van der Waals surface area contributed by atoms with Crippen LogP contribution in [0.3, 0.4) is 0 Å². The molecule has 0 aliphatic carbocycles. The van der Waals surface area contributed by atoms with Crippen molar-refractivity contribution in [2.24, 2.45) is 4.99 Å². The largest absolute Gasteiger partial charge is 0.800 e. The standard InChI is InChI=1S/C18H21N3S2.Au/c22-18(23)21-12-10-20(11-13-21)17-8-6-16(7-9-17)19-14-15-4-2-1-3-5-15;/h1-9,14,18,22-23H,10-13H2;/p-2. The molecule has 1 aliphatic rings. The van der Waals surface area contributed by atoms with Gasteiger partial charge in [0.25, 0.3) is 0 Å². The Bertz CT molecular complexity index is 639. The number of benzene rings is 2. The molecule has 0 amide bonds. The number of nitrogens with zero attached hydrogens (tertiary/aromatic N) is 3. The molecule has 0 aromatic heterocycles. The van der Waals surface area contributed by atoms with E-state index in [4.69, 9.17) is 25.3 Å². The van der Waals surface area contributed by atoms with Crippen LogP contribution in [0, 0.1) is 0 Å². The summed E-state index contributed by atoms with van der Waals surface area (Å²) >= 11 is 10.3. The molecule has 24 heavy (non-hydrogen) atoms. The zero-order valence-corrected chi connectivity index (χ0v) is 16.9. The summed E-state index contributed by atoms with van der Waals surface area (Å²) in [6, 6.07) is 18.5. The molecule has 3 nitrogen and oxygen atoms in total. The third-order valence-corrected chi connectivity index (χ3v) is 4.59. The average molecular weight is 538 g/mol. The maximum atomic E-state index is 5.15. The molecule has 6 heteroatoms. The van der Waals surface area contributed by atoms with E-state index in [1.807, 2.05) is 36.5 Å². The predicted molar refractivity (Wildman–Crippen MR) is 102 cm³/mol. The number of hydrogen-bond acceptors (Lipinski definition) is 5. The van der Waals surface area contributed by atoms with Crippen LogP contribution in [0.1, 0.15) is 5.56 Å². The van der Waals surface area contributed by atoms with Gasteiger partial charge in [0.2, 0.25) is 0 Å². The molecule has 1 saturated heterocycles. The topological polar surface area (TPSA) is 18.8 Å². The van der Waals surface area contributed by atoms with Crippen LogP contribution in [0.2, 0.25) is 0 Å². The summed E-state index contributed by atoms with van der Waals surface area (Å²) in [7, 11) is 0. The fraction of sp³-hybridized carbons (Fsp3) is 0.278. The van der Waals surface area contributed by atoms with Crippen molar-refractivity contribution < 1.29 is 22.4 Å². The van der Waals surface area contributed by atoms with Gasteiger partial charge in [0.1, 0.15) is 0 Å². The van der Waals surface area contributed by atoms with Gasteiger partial charge in [0.15, 0.2) is 0 Å². The van der Waals surface area contributed by atoms with E-state index in [-0.39, 0.29) is 27.1 Å². The molecule has 0 unspecified atom stereocenters. The number of piperazine rings is 1. The van der Waals surface area contributed by atoms with Crippen molar-refractivity contribution in [1.29, 1.82) is 0 Å². The van der Waals surface area contributed by atoms with E-state index in [0.717, 1.165) is 37.4 Å². The summed E-state index contributed by atoms with van der Waals surface area (Å²) in [6.45, 7) is 3.81. The average Bonchev–Trinajstić information content (AvgIpc) is 2.61. The van der Waals surface area contributed by atoms with Gasteiger partial charge in [-0.25, -0.2) is 4.71 Å². The van der Waals surface area contributed by atoms with Crippen molar-refractivity contribution in [2.45, 2.75) is 4.71 Å². The van der Waals surface area contributed by atoms with E-state index < -0.39 is 0 Å². The third kappa shape index (κ3) is 5.41. The summed E-state index contributed by atoms with van der Waals surface area (Å²) < 4.78 is -0.188. The van der Waals surface area contributed by atoms with Crippen LogP contribution in [0.15, 0.2) is 59.6 Å². The minimum atomic E-state index is -0.188. The van der Waals surface area contributed by atoms with Crippen LogP contribution in [0.4, 0.5) is 11.4 Å².